The van der Waals surface area contributed by atoms with E-state index in [9.17, 15) is 22.8 Å². The van der Waals surface area contributed by atoms with Crippen LogP contribution in [0.5, 0.6) is 0 Å². The summed E-state index contributed by atoms with van der Waals surface area (Å²) in [5, 5.41) is 11.4. The molecule has 4 rings (SSSR count). The fourth-order valence-electron chi connectivity index (χ4n) is 3.81. The van der Waals surface area contributed by atoms with Crippen molar-refractivity contribution in [3.05, 3.63) is 100 Å². The van der Waals surface area contributed by atoms with E-state index in [4.69, 9.17) is 0 Å². The number of carbonyl (C=O) groups excluding carboxylic acids is 2. The van der Waals surface area contributed by atoms with Gasteiger partial charge in [-0.05, 0) is 79.9 Å². The molecule has 0 spiro atoms. The smallest absolute Gasteiger partial charge is 0.372 e. The summed E-state index contributed by atoms with van der Waals surface area (Å²) >= 11 is 0. The van der Waals surface area contributed by atoms with Gasteiger partial charge in [0.2, 0.25) is 5.95 Å². The first-order chi connectivity index (χ1) is 18.9. The third-order valence-corrected chi connectivity index (χ3v) is 6.23. The van der Waals surface area contributed by atoms with Gasteiger partial charge in [-0.2, -0.15) is 18.2 Å². The molecule has 0 aliphatic rings. The molecule has 0 aliphatic carbocycles. The molecule has 2 amide bonds. The lowest BCUT2D eigenvalue weighted by atomic mass is 10.1. The summed E-state index contributed by atoms with van der Waals surface area (Å²) in [5.41, 5.74) is 3.58. The first-order valence-corrected chi connectivity index (χ1v) is 12.2. The minimum atomic E-state index is -4.57. The van der Waals surface area contributed by atoms with Crippen molar-refractivity contribution < 1.29 is 22.8 Å². The number of halogens is 3. The van der Waals surface area contributed by atoms with Crippen LogP contribution in [-0.2, 0) is 6.18 Å². The SMILES string of the molecule is CNc1nc(Nc2ccc(C)c(C)c2)ncc1C(=O)Nc1cc(NC(=O)c2cccc(C(F)(F)F)c2)ccc1C. The van der Waals surface area contributed by atoms with E-state index < -0.39 is 23.6 Å². The summed E-state index contributed by atoms with van der Waals surface area (Å²) in [6, 6.07) is 14.8. The highest BCUT2D eigenvalue weighted by Gasteiger charge is 2.31. The van der Waals surface area contributed by atoms with Gasteiger partial charge in [0.1, 0.15) is 11.4 Å². The highest BCUT2D eigenvalue weighted by atomic mass is 19.4. The number of aromatic nitrogens is 2. The van der Waals surface area contributed by atoms with Gasteiger partial charge < -0.3 is 21.3 Å². The predicted octanol–water partition coefficient (Wildman–Crippen LogP) is 6.71. The maximum Gasteiger partial charge on any atom is 0.416 e. The van der Waals surface area contributed by atoms with Crippen molar-refractivity contribution in [3.63, 3.8) is 0 Å². The Bertz CT molecular complexity index is 1590. The number of carbonyl (C=O) groups is 2. The minimum Gasteiger partial charge on any atom is -0.372 e. The molecular formula is C29H27F3N6O2. The van der Waals surface area contributed by atoms with Gasteiger partial charge in [0.05, 0.1) is 5.56 Å². The molecule has 0 unspecified atom stereocenters. The van der Waals surface area contributed by atoms with Crippen molar-refractivity contribution in [2.45, 2.75) is 26.9 Å². The third-order valence-electron chi connectivity index (χ3n) is 6.23. The molecule has 1 heterocycles. The topological polar surface area (TPSA) is 108 Å². The zero-order valence-corrected chi connectivity index (χ0v) is 22.2. The average molecular weight is 549 g/mol. The number of benzene rings is 3. The van der Waals surface area contributed by atoms with Gasteiger partial charge in [-0.25, -0.2) is 4.98 Å². The summed E-state index contributed by atoms with van der Waals surface area (Å²) in [7, 11) is 1.63. The van der Waals surface area contributed by atoms with Crippen molar-refractivity contribution in [1.82, 2.24) is 9.97 Å². The van der Waals surface area contributed by atoms with Gasteiger partial charge in [0.15, 0.2) is 0 Å². The maximum atomic E-state index is 13.1. The summed E-state index contributed by atoms with van der Waals surface area (Å²) < 4.78 is 39.1. The fourth-order valence-corrected chi connectivity index (χ4v) is 3.81. The summed E-state index contributed by atoms with van der Waals surface area (Å²) in [6.07, 6.45) is -3.17. The number of amides is 2. The second kappa shape index (κ2) is 11.4. The van der Waals surface area contributed by atoms with Gasteiger partial charge in [-0.3, -0.25) is 9.59 Å². The van der Waals surface area contributed by atoms with Crippen LogP contribution in [0.15, 0.2) is 66.9 Å². The highest BCUT2D eigenvalue weighted by Crippen LogP contribution is 2.30. The van der Waals surface area contributed by atoms with E-state index in [0.29, 0.717) is 28.7 Å². The van der Waals surface area contributed by atoms with Crippen LogP contribution in [0.4, 0.5) is 42.0 Å². The first-order valence-electron chi connectivity index (χ1n) is 12.2. The Kier molecular flexibility index (Phi) is 8.03. The Morgan fingerprint density at radius 2 is 1.52 bits per heavy atom. The summed E-state index contributed by atoms with van der Waals surface area (Å²) in [5.74, 6) is -0.610. The predicted molar refractivity (Wildman–Crippen MR) is 149 cm³/mol. The molecule has 0 saturated carbocycles. The van der Waals surface area contributed by atoms with Gasteiger partial charge >= 0.3 is 6.18 Å². The largest absolute Gasteiger partial charge is 0.416 e. The summed E-state index contributed by atoms with van der Waals surface area (Å²) in [4.78, 5) is 34.4. The standard InChI is InChI=1S/C29H27F3N6O2/c1-16-8-10-21(12-18(16)3)36-28-34-15-23(25(33-4)38-28)27(40)37-24-14-22(11-9-17(24)2)35-26(39)19-6-5-7-20(13-19)29(30,31)32/h5-15H,1-4H3,(H,35,39)(H,37,40)(H2,33,34,36,38). The quantitative estimate of drug-likeness (QED) is 0.204. The van der Waals surface area contributed by atoms with Crippen LogP contribution in [0.3, 0.4) is 0 Å². The van der Waals surface area contributed by atoms with Crippen LogP contribution in [-0.4, -0.2) is 28.8 Å². The van der Waals surface area contributed by atoms with Gasteiger partial charge in [0, 0.05) is 35.9 Å². The minimum absolute atomic E-state index is 0.147. The molecule has 40 heavy (non-hydrogen) atoms. The van der Waals surface area contributed by atoms with E-state index in [1.165, 1.54) is 24.4 Å². The highest BCUT2D eigenvalue weighted by molar-refractivity contribution is 6.08. The third kappa shape index (κ3) is 6.55. The first kappa shape index (κ1) is 28.1. The molecule has 8 nitrogen and oxygen atoms in total. The lowest BCUT2D eigenvalue weighted by Gasteiger charge is -2.14. The number of alkyl halides is 3. The zero-order chi connectivity index (χ0) is 29.0. The molecular weight excluding hydrogens is 521 g/mol. The molecule has 4 aromatic rings. The monoisotopic (exact) mass is 548 g/mol. The molecule has 1 aromatic heterocycles. The van der Waals surface area contributed by atoms with Gasteiger partial charge in [-0.1, -0.05) is 18.2 Å². The Morgan fingerprint density at radius 1 is 0.800 bits per heavy atom. The second-order valence-electron chi connectivity index (χ2n) is 9.15. The van der Waals surface area contributed by atoms with Crippen molar-refractivity contribution in [2.24, 2.45) is 0 Å². The molecule has 0 radical (unpaired) electrons. The van der Waals surface area contributed by atoms with E-state index in [1.54, 1.807) is 26.1 Å². The fraction of sp³-hybridized carbons (Fsp3) is 0.172. The Labute approximate surface area is 229 Å². The number of nitrogens with zero attached hydrogens (tertiary/aromatic N) is 2. The molecule has 206 valence electrons. The van der Waals surface area contributed by atoms with Crippen LogP contribution >= 0.6 is 0 Å². The lowest BCUT2D eigenvalue weighted by Crippen LogP contribution is -2.17. The van der Waals surface area contributed by atoms with E-state index in [0.717, 1.165) is 28.9 Å². The van der Waals surface area contributed by atoms with Gasteiger partial charge in [0.25, 0.3) is 11.8 Å². The van der Waals surface area contributed by atoms with Crippen LogP contribution in [0.25, 0.3) is 0 Å². The Hall–Kier alpha value is -4.93. The average Bonchev–Trinajstić information content (AvgIpc) is 2.92. The van der Waals surface area contributed by atoms with Crippen molar-refractivity contribution >= 4 is 40.6 Å². The summed E-state index contributed by atoms with van der Waals surface area (Å²) in [6.45, 7) is 5.78. The zero-order valence-electron chi connectivity index (χ0n) is 22.2. The second-order valence-corrected chi connectivity index (χ2v) is 9.15. The van der Waals surface area contributed by atoms with Crippen molar-refractivity contribution in [2.75, 3.05) is 28.3 Å². The number of hydrogen-bond acceptors (Lipinski definition) is 6. The molecule has 0 aliphatic heterocycles. The van der Waals surface area contributed by atoms with Crippen LogP contribution < -0.4 is 21.3 Å². The molecule has 11 heteroatoms. The van der Waals surface area contributed by atoms with E-state index in [2.05, 4.69) is 31.2 Å². The number of aryl methyl sites for hydroxylation is 3. The molecule has 0 bridgehead atoms. The van der Waals surface area contributed by atoms with Crippen molar-refractivity contribution in [1.29, 1.82) is 0 Å². The van der Waals surface area contributed by atoms with Crippen LogP contribution in [0, 0.1) is 20.8 Å². The maximum absolute atomic E-state index is 13.1. The number of rotatable bonds is 7. The lowest BCUT2D eigenvalue weighted by molar-refractivity contribution is -0.137. The molecule has 0 atom stereocenters. The number of nitrogens with one attached hydrogen (secondary N) is 4. The number of anilines is 5. The van der Waals surface area contributed by atoms with Crippen LogP contribution in [0.2, 0.25) is 0 Å². The van der Waals surface area contributed by atoms with E-state index in [1.807, 2.05) is 32.0 Å². The Morgan fingerprint density at radius 3 is 2.23 bits per heavy atom. The number of hydrogen-bond donors (Lipinski definition) is 4. The van der Waals surface area contributed by atoms with E-state index >= 15 is 0 Å². The van der Waals surface area contributed by atoms with Gasteiger partial charge in [-0.15, -0.1) is 0 Å². The van der Waals surface area contributed by atoms with Crippen LogP contribution in [0.1, 0.15) is 43.0 Å². The molecule has 3 aromatic carbocycles. The molecule has 4 N–H and O–H groups in total. The molecule has 0 fully saturated rings. The van der Waals surface area contributed by atoms with Crippen molar-refractivity contribution in [3.8, 4) is 0 Å². The normalized spacial score (nSPS) is 11.1. The van der Waals surface area contributed by atoms with E-state index in [-0.39, 0.29) is 11.1 Å². The molecule has 0 saturated heterocycles. The Balaban J connectivity index is 1.50.